The summed E-state index contributed by atoms with van der Waals surface area (Å²) in [4.78, 5) is 24.9. The number of para-hydroxylation sites is 1. The Morgan fingerprint density at radius 3 is 2.38 bits per heavy atom. The minimum atomic E-state index is -1.31. The minimum Gasteiger partial charge on any atom is -0.469 e. The first kappa shape index (κ1) is 18.1. The highest BCUT2D eigenvalue weighted by atomic mass is 16.3. The zero-order valence-electron chi connectivity index (χ0n) is 15.2. The van der Waals surface area contributed by atoms with Crippen molar-refractivity contribution in [1.29, 1.82) is 0 Å². The summed E-state index contributed by atoms with van der Waals surface area (Å²) in [5, 5.41) is 14.3. The molecule has 0 radical (unpaired) electrons. The van der Waals surface area contributed by atoms with Crippen LogP contribution in [0.1, 0.15) is 38.9 Å². The third-order valence-corrected chi connectivity index (χ3v) is 4.91. The molecule has 136 valence electrons. The second-order valence-electron chi connectivity index (χ2n) is 7.05. The van der Waals surface area contributed by atoms with E-state index < -0.39 is 17.4 Å². The number of aliphatic hydroxyl groups is 1. The summed E-state index contributed by atoms with van der Waals surface area (Å²) in [6, 6.07) is 12.9. The lowest BCUT2D eigenvalue weighted by Crippen LogP contribution is -2.48. The molecule has 1 aliphatic carbocycles. The van der Waals surface area contributed by atoms with Gasteiger partial charge in [-0.15, -0.1) is 0 Å². The van der Waals surface area contributed by atoms with E-state index in [1.807, 2.05) is 30.3 Å². The summed E-state index contributed by atoms with van der Waals surface area (Å²) in [5.41, 5.74) is 0.610. The number of carbonyl (C=O) groups is 2. The third-order valence-electron chi connectivity index (χ3n) is 4.91. The molecule has 0 saturated heterocycles. The summed E-state index contributed by atoms with van der Waals surface area (Å²) in [6.45, 7) is 4.57. The summed E-state index contributed by atoms with van der Waals surface area (Å²) in [5.74, 6) is -1.20. The number of allylic oxidation sites excluding steroid dienone is 1. The maximum absolute atomic E-state index is 12.6. The SMILES string of the molecule is CC(=O)C1=C(Nc2ccccc2)C[C@@](C)(O)[C@@H](C(C)=O)[C@@H]1c1ccco1. The van der Waals surface area contributed by atoms with Crippen LogP contribution in [0.15, 0.2) is 64.4 Å². The number of rotatable bonds is 5. The van der Waals surface area contributed by atoms with Gasteiger partial charge < -0.3 is 14.8 Å². The van der Waals surface area contributed by atoms with Crippen LogP contribution in [0.25, 0.3) is 0 Å². The van der Waals surface area contributed by atoms with Crippen molar-refractivity contribution in [1.82, 2.24) is 0 Å². The molecule has 0 fully saturated rings. The maximum atomic E-state index is 12.6. The van der Waals surface area contributed by atoms with Crippen LogP contribution in [-0.2, 0) is 9.59 Å². The zero-order chi connectivity index (χ0) is 18.9. The fourth-order valence-electron chi connectivity index (χ4n) is 3.96. The number of anilines is 1. The van der Waals surface area contributed by atoms with Crippen molar-refractivity contribution in [2.45, 2.75) is 38.7 Å². The smallest absolute Gasteiger partial charge is 0.158 e. The molecule has 0 amide bonds. The first-order chi connectivity index (χ1) is 12.3. The Kier molecular flexibility index (Phi) is 4.83. The Labute approximate surface area is 152 Å². The number of hydrogen-bond acceptors (Lipinski definition) is 5. The van der Waals surface area contributed by atoms with Gasteiger partial charge in [0.05, 0.1) is 23.7 Å². The second-order valence-corrected chi connectivity index (χ2v) is 7.05. The number of nitrogens with one attached hydrogen (secondary N) is 1. The zero-order valence-corrected chi connectivity index (χ0v) is 15.2. The van der Waals surface area contributed by atoms with Crippen LogP contribution in [0.2, 0.25) is 0 Å². The van der Waals surface area contributed by atoms with Gasteiger partial charge in [0, 0.05) is 23.4 Å². The molecule has 2 N–H and O–H groups in total. The molecule has 3 rings (SSSR count). The number of ketones is 2. The molecule has 0 unspecified atom stereocenters. The third kappa shape index (κ3) is 3.35. The fraction of sp³-hybridized carbons (Fsp3) is 0.333. The minimum absolute atomic E-state index is 0.147. The summed E-state index contributed by atoms with van der Waals surface area (Å²) in [6.07, 6.45) is 1.69. The maximum Gasteiger partial charge on any atom is 0.158 e. The Morgan fingerprint density at radius 1 is 1.15 bits per heavy atom. The fourth-order valence-corrected chi connectivity index (χ4v) is 3.96. The van der Waals surface area contributed by atoms with Gasteiger partial charge in [-0.2, -0.15) is 0 Å². The van der Waals surface area contributed by atoms with Crippen molar-refractivity contribution in [3.8, 4) is 0 Å². The quantitative estimate of drug-likeness (QED) is 0.857. The average molecular weight is 353 g/mol. The van der Waals surface area contributed by atoms with Gasteiger partial charge in [-0.3, -0.25) is 9.59 Å². The van der Waals surface area contributed by atoms with E-state index in [4.69, 9.17) is 4.42 Å². The Bertz CT molecular complexity index is 834. The lowest BCUT2D eigenvalue weighted by atomic mass is 9.65. The van der Waals surface area contributed by atoms with Crippen LogP contribution in [0.4, 0.5) is 5.69 Å². The van der Waals surface area contributed by atoms with Gasteiger partial charge in [-0.25, -0.2) is 0 Å². The summed E-state index contributed by atoms with van der Waals surface area (Å²) >= 11 is 0. The molecule has 2 aromatic rings. The number of Topliss-reactive ketones (excluding diaryl/α,β-unsaturated/α-hetero) is 2. The van der Waals surface area contributed by atoms with E-state index in [1.54, 1.807) is 19.1 Å². The number of hydrogen-bond donors (Lipinski definition) is 2. The van der Waals surface area contributed by atoms with Crippen molar-refractivity contribution < 1.29 is 19.1 Å². The van der Waals surface area contributed by atoms with E-state index in [-0.39, 0.29) is 18.0 Å². The molecule has 1 aliphatic rings. The molecule has 0 saturated carbocycles. The second kappa shape index (κ2) is 6.92. The molecule has 0 spiro atoms. The van der Waals surface area contributed by atoms with Crippen molar-refractivity contribution in [3.05, 3.63) is 65.8 Å². The van der Waals surface area contributed by atoms with E-state index in [2.05, 4.69) is 5.32 Å². The van der Waals surface area contributed by atoms with E-state index >= 15 is 0 Å². The normalized spacial score (nSPS) is 25.8. The Morgan fingerprint density at radius 2 is 1.85 bits per heavy atom. The van der Waals surface area contributed by atoms with E-state index in [1.165, 1.54) is 20.1 Å². The summed E-state index contributed by atoms with van der Waals surface area (Å²) in [7, 11) is 0. The molecular formula is C21H23NO4. The van der Waals surface area contributed by atoms with Crippen LogP contribution >= 0.6 is 0 Å². The molecule has 0 bridgehead atoms. The highest BCUT2D eigenvalue weighted by molar-refractivity contribution is 5.98. The van der Waals surface area contributed by atoms with Crippen molar-refractivity contribution in [2.75, 3.05) is 5.32 Å². The van der Waals surface area contributed by atoms with Gasteiger partial charge in [-0.1, -0.05) is 18.2 Å². The van der Waals surface area contributed by atoms with Gasteiger partial charge in [0.15, 0.2) is 5.78 Å². The molecule has 1 aromatic heterocycles. The lowest BCUT2D eigenvalue weighted by molar-refractivity contribution is -0.131. The standard InChI is InChI=1S/C21H23NO4/c1-13(23)18-16(22-15-8-5-4-6-9-15)12-21(3,25)20(14(2)24)19(18)17-10-7-11-26-17/h4-11,19-20,22,25H,12H2,1-3H3/t19-,20+,21-/m1/s1. The van der Waals surface area contributed by atoms with E-state index in [0.717, 1.165) is 5.69 Å². The van der Waals surface area contributed by atoms with Crippen LogP contribution in [0, 0.1) is 5.92 Å². The van der Waals surface area contributed by atoms with Crippen LogP contribution < -0.4 is 5.32 Å². The first-order valence-corrected chi connectivity index (χ1v) is 8.63. The van der Waals surface area contributed by atoms with Gasteiger partial charge in [0.1, 0.15) is 11.5 Å². The van der Waals surface area contributed by atoms with E-state index in [9.17, 15) is 14.7 Å². The first-order valence-electron chi connectivity index (χ1n) is 8.63. The molecule has 1 aromatic carbocycles. The Hall–Kier alpha value is -2.66. The van der Waals surface area contributed by atoms with Crippen molar-refractivity contribution in [3.63, 3.8) is 0 Å². The van der Waals surface area contributed by atoms with Gasteiger partial charge >= 0.3 is 0 Å². The molecule has 5 heteroatoms. The topological polar surface area (TPSA) is 79.5 Å². The largest absolute Gasteiger partial charge is 0.469 e. The highest BCUT2D eigenvalue weighted by Crippen LogP contribution is 2.47. The molecule has 1 heterocycles. The highest BCUT2D eigenvalue weighted by Gasteiger charge is 2.50. The predicted molar refractivity (Wildman–Crippen MR) is 98.6 cm³/mol. The molecule has 26 heavy (non-hydrogen) atoms. The van der Waals surface area contributed by atoms with Crippen LogP contribution in [0.5, 0.6) is 0 Å². The number of benzene rings is 1. The molecule has 5 nitrogen and oxygen atoms in total. The van der Waals surface area contributed by atoms with Crippen molar-refractivity contribution in [2.24, 2.45) is 5.92 Å². The van der Waals surface area contributed by atoms with Crippen LogP contribution in [0.3, 0.4) is 0 Å². The number of carbonyl (C=O) groups excluding carboxylic acids is 2. The average Bonchev–Trinajstić information content (AvgIpc) is 3.07. The van der Waals surface area contributed by atoms with E-state index in [0.29, 0.717) is 17.0 Å². The molecule has 0 aliphatic heterocycles. The molecule has 3 atom stereocenters. The van der Waals surface area contributed by atoms with Gasteiger partial charge in [0.2, 0.25) is 0 Å². The lowest BCUT2D eigenvalue weighted by Gasteiger charge is -2.42. The molecular weight excluding hydrogens is 330 g/mol. The van der Waals surface area contributed by atoms with Crippen LogP contribution in [-0.4, -0.2) is 22.3 Å². The monoisotopic (exact) mass is 353 g/mol. The number of furan rings is 1. The summed E-state index contributed by atoms with van der Waals surface area (Å²) < 4.78 is 5.55. The van der Waals surface area contributed by atoms with Crippen molar-refractivity contribution >= 4 is 17.3 Å². The Balaban J connectivity index is 2.18. The predicted octanol–water partition coefficient (Wildman–Crippen LogP) is 3.68. The van der Waals surface area contributed by atoms with Gasteiger partial charge in [-0.05, 0) is 45.0 Å². The van der Waals surface area contributed by atoms with Gasteiger partial charge in [0.25, 0.3) is 0 Å².